The molecule has 1 N–H and O–H groups in total. The van der Waals surface area contributed by atoms with Crippen molar-refractivity contribution in [1.82, 2.24) is 4.90 Å². The molecule has 0 aliphatic carbocycles. The van der Waals surface area contributed by atoms with Crippen molar-refractivity contribution >= 4 is 17.6 Å². The number of hydrogen-bond donors (Lipinski definition) is 1. The van der Waals surface area contributed by atoms with Gasteiger partial charge in [-0.05, 0) is 12.0 Å². The van der Waals surface area contributed by atoms with Crippen molar-refractivity contribution in [1.29, 1.82) is 0 Å². The first-order valence-corrected chi connectivity index (χ1v) is 6.09. The number of nitrogens with zero attached hydrogens (tertiary/aromatic N) is 2. The number of carbonyl (C=O) groups excluding carboxylic acids is 1. The molecule has 0 saturated heterocycles. The van der Waals surface area contributed by atoms with Gasteiger partial charge in [0, 0.05) is 32.1 Å². The topological polar surface area (TPSA) is 101 Å². The van der Waals surface area contributed by atoms with Crippen molar-refractivity contribution in [2.24, 2.45) is 0 Å². The summed E-state index contributed by atoms with van der Waals surface area (Å²) in [5.41, 5.74) is 0.512. The van der Waals surface area contributed by atoms with Crippen LogP contribution in [0.5, 0.6) is 0 Å². The highest BCUT2D eigenvalue weighted by Crippen LogP contribution is 2.14. The van der Waals surface area contributed by atoms with E-state index in [0.29, 0.717) is 18.5 Å². The molecule has 0 spiro atoms. The van der Waals surface area contributed by atoms with Gasteiger partial charge in [-0.3, -0.25) is 19.7 Å². The number of nitro groups is 1. The van der Waals surface area contributed by atoms with Gasteiger partial charge in [-0.1, -0.05) is 12.1 Å². The maximum Gasteiger partial charge on any atom is 0.303 e. The van der Waals surface area contributed by atoms with Crippen LogP contribution in [-0.2, 0) is 16.0 Å². The molecule has 0 atom stereocenters. The highest BCUT2D eigenvalue weighted by atomic mass is 16.6. The van der Waals surface area contributed by atoms with Crippen LogP contribution < -0.4 is 0 Å². The molecule has 0 radical (unpaired) electrons. The highest BCUT2D eigenvalue weighted by molar-refractivity contribution is 5.78. The molecule has 7 nitrogen and oxygen atoms in total. The van der Waals surface area contributed by atoms with Crippen LogP contribution in [0.1, 0.15) is 18.4 Å². The van der Waals surface area contributed by atoms with E-state index in [4.69, 9.17) is 5.11 Å². The fourth-order valence-electron chi connectivity index (χ4n) is 1.68. The third-order valence-electron chi connectivity index (χ3n) is 2.79. The quantitative estimate of drug-likeness (QED) is 0.602. The molecule has 0 saturated carbocycles. The molecule has 0 aliphatic heterocycles. The monoisotopic (exact) mass is 280 g/mol. The summed E-state index contributed by atoms with van der Waals surface area (Å²) in [6.45, 7) is 0.347. The Balaban J connectivity index is 2.54. The molecule has 0 aliphatic rings. The normalized spacial score (nSPS) is 10.1. The summed E-state index contributed by atoms with van der Waals surface area (Å²) in [6.07, 6.45) is 0.451. The minimum absolute atomic E-state index is 0.00836. The molecule has 0 unspecified atom stereocenters. The van der Waals surface area contributed by atoms with E-state index in [1.54, 1.807) is 13.1 Å². The SMILES string of the molecule is CN(CCCC(=O)O)C(=O)Cc1cccc([N+](=O)[O-])c1. The summed E-state index contributed by atoms with van der Waals surface area (Å²) in [5.74, 6) is -1.10. The van der Waals surface area contributed by atoms with Crippen molar-refractivity contribution in [2.75, 3.05) is 13.6 Å². The zero-order chi connectivity index (χ0) is 15.1. The number of carboxylic acid groups (broad SMARTS) is 1. The van der Waals surface area contributed by atoms with Crippen LogP contribution >= 0.6 is 0 Å². The van der Waals surface area contributed by atoms with Crippen LogP contribution in [0.2, 0.25) is 0 Å². The van der Waals surface area contributed by atoms with E-state index in [2.05, 4.69) is 0 Å². The van der Waals surface area contributed by atoms with Gasteiger partial charge in [0.2, 0.25) is 5.91 Å². The second kappa shape index (κ2) is 7.22. The predicted molar refractivity (Wildman–Crippen MR) is 71.3 cm³/mol. The first kappa shape index (κ1) is 15.6. The summed E-state index contributed by atoms with van der Waals surface area (Å²) < 4.78 is 0. The number of non-ortho nitro benzene ring substituents is 1. The molecular formula is C13H16N2O5. The largest absolute Gasteiger partial charge is 0.481 e. The van der Waals surface area contributed by atoms with Crippen molar-refractivity contribution in [3.8, 4) is 0 Å². The fraction of sp³-hybridized carbons (Fsp3) is 0.385. The van der Waals surface area contributed by atoms with E-state index < -0.39 is 10.9 Å². The van der Waals surface area contributed by atoms with E-state index in [9.17, 15) is 19.7 Å². The van der Waals surface area contributed by atoms with E-state index in [-0.39, 0.29) is 24.4 Å². The average Bonchev–Trinajstić information content (AvgIpc) is 2.38. The van der Waals surface area contributed by atoms with E-state index in [1.807, 2.05) is 0 Å². The predicted octanol–water partition coefficient (Wildman–Crippen LogP) is 1.46. The Morgan fingerprint density at radius 2 is 2.10 bits per heavy atom. The van der Waals surface area contributed by atoms with E-state index >= 15 is 0 Å². The first-order chi connectivity index (χ1) is 9.40. The Hall–Kier alpha value is -2.44. The molecule has 1 amide bonds. The van der Waals surface area contributed by atoms with E-state index in [0.717, 1.165) is 0 Å². The Morgan fingerprint density at radius 3 is 2.70 bits per heavy atom. The van der Waals surface area contributed by atoms with Crippen molar-refractivity contribution in [3.05, 3.63) is 39.9 Å². The van der Waals surface area contributed by atoms with Gasteiger partial charge in [-0.15, -0.1) is 0 Å². The van der Waals surface area contributed by atoms with Gasteiger partial charge in [0.05, 0.1) is 11.3 Å². The minimum atomic E-state index is -0.899. The summed E-state index contributed by atoms with van der Waals surface area (Å²) >= 11 is 0. The number of benzene rings is 1. The van der Waals surface area contributed by atoms with Crippen LogP contribution in [-0.4, -0.2) is 40.4 Å². The highest BCUT2D eigenvalue weighted by Gasteiger charge is 2.12. The number of likely N-dealkylation sites (N-methyl/N-ethyl adjacent to an activating group) is 1. The summed E-state index contributed by atoms with van der Waals surface area (Å²) in [5, 5.41) is 19.1. The molecule has 0 heterocycles. The van der Waals surface area contributed by atoms with Gasteiger partial charge < -0.3 is 10.0 Å². The Morgan fingerprint density at radius 1 is 1.40 bits per heavy atom. The van der Waals surface area contributed by atoms with Crippen LogP contribution in [0.25, 0.3) is 0 Å². The zero-order valence-corrected chi connectivity index (χ0v) is 11.1. The number of carboxylic acids is 1. The number of hydrogen-bond acceptors (Lipinski definition) is 4. The lowest BCUT2D eigenvalue weighted by atomic mass is 10.1. The average molecular weight is 280 g/mol. The fourth-order valence-corrected chi connectivity index (χ4v) is 1.68. The molecule has 20 heavy (non-hydrogen) atoms. The van der Waals surface area contributed by atoms with Crippen molar-refractivity contribution in [3.63, 3.8) is 0 Å². The molecule has 1 aromatic rings. The third-order valence-corrected chi connectivity index (χ3v) is 2.79. The molecule has 0 bridgehead atoms. The van der Waals surface area contributed by atoms with Gasteiger partial charge in [0.1, 0.15) is 0 Å². The Bertz CT molecular complexity index is 515. The number of rotatable bonds is 7. The first-order valence-electron chi connectivity index (χ1n) is 6.09. The molecule has 108 valence electrons. The van der Waals surface area contributed by atoms with Gasteiger partial charge in [-0.2, -0.15) is 0 Å². The minimum Gasteiger partial charge on any atom is -0.481 e. The molecule has 1 aromatic carbocycles. The van der Waals surface area contributed by atoms with Gasteiger partial charge in [0.15, 0.2) is 0 Å². The van der Waals surface area contributed by atoms with Crippen molar-refractivity contribution in [2.45, 2.75) is 19.3 Å². The van der Waals surface area contributed by atoms with Gasteiger partial charge in [0.25, 0.3) is 5.69 Å². The van der Waals surface area contributed by atoms with E-state index in [1.165, 1.54) is 23.1 Å². The number of carbonyl (C=O) groups is 2. The lowest BCUT2D eigenvalue weighted by Gasteiger charge is -2.16. The molecule has 1 rings (SSSR count). The summed E-state index contributed by atoms with van der Waals surface area (Å²) in [4.78, 5) is 33.8. The second-order valence-electron chi connectivity index (χ2n) is 4.42. The number of nitro benzene ring substituents is 1. The standard InChI is InChI=1S/C13H16N2O5/c1-14(7-3-6-13(17)18)12(16)9-10-4-2-5-11(8-10)15(19)20/h2,4-5,8H,3,6-7,9H2,1H3,(H,17,18). The Kier molecular flexibility index (Phi) is 5.64. The Labute approximate surface area is 116 Å². The molecule has 0 aromatic heterocycles. The van der Waals surface area contributed by atoms with Crippen LogP contribution in [0.3, 0.4) is 0 Å². The second-order valence-corrected chi connectivity index (χ2v) is 4.42. The third kappa shape index (κ3) is 5.05. The van der Waals surface area contributed by atoms with Gasteiger partial charge >= 0.3 is 5.97 Å². The zero-order valence-electron chi connectivity index (χ0n) is 11.1. The lowest BCUT2D eigenvalue weighted by molar-refractivity contribution is -0.384. The summed E-state index contributed by atoms with van der Waals surface area (Å²) in [7, 11) is 1.58. The molecular weight excluding hydrogens is 264 g/mol. The van der Waals surface area contributed by atoms with Crippen LogP contribution in [0.15, 0.2) is 24.3 Å². The number of aliphatic carboxylic acids is 1. The maximum atomic E-state index is 11.9. The number of amides is 1. The summed E-state index contributed by atoms with van der Waals surface area (Å²) in [6, 6.07) is 5.91. The molecule has 0 fully saturated rings. The van der Waals surface area contributed by atoms with Crippen LogP contribution in [0.4, 0.5) is 5.69 Å². The maximum absolute atomic E-state index is 11.9. The van der Waals surface area contributed by atoms with Crippen molar-refractivity contribution < 1.29 is 19.6 Å². The smallest absolute Gasteiger partial charge is 0.303 e. The lowest BCUT2D eigenvalue weighted by Crippen LogP contribution is -2.29. The van der Waals surface area contributed by atoms with Gasteiger partial charge in [-0.25, -0.2) is 0 Å². The van der Waals surface area contributed by atoms with Crippen LogP contribution in [0, 0.1) is 10.1 Å². The molecule has 7 heteroatoms.